The number of esters is 1. The maximum Gasteiger partial charge on any atom is 0.342 e. The van der Waals surface area contributed by atoms with Gasteiger partial charge in [-0.3, -0.25) is 9.48 Å². The lowest BCUT2D eigenvalue weighted by atomic mass is 10.2. The molecule has 1 aromatic heterocycles. The molecule has 0 aliphatic rings. The van der Waals surface area contributed by atoms with Crippen molar-refractivity contribution in [3.05, 3.63) is 87.4 Å². The number of nitrogens with zero attached hydrogens (tertiary/aromatic N) is 3. The number of carbonyl (C=O) groups is 2. The summed E-state index contributed by atoms with van der Waals surface area (Å²) < 4.78 is 20.9. The average Bonchev–Trinajstić information content (AvgIpc) is 3.02. The molecule has 3 rings (SSSR count). The fourth-order valence-corrected chi connectivity index (χ4v) is 3.44. The molecule has 0 saturated heterocycles. The van der Waals surface area contributed by atoms with Crippen LogP contribution in [-0.4, -0.2) is 40.2 Å². The summed E-state index contributed by atoms with van der Waals surface area (Å²) in [7, 11) is 1.49. The highest BCUT2D eigenvalue weighted by Crippen LogP contribution is 2.20. The number of hydrogen-bond acceptors (Lipinski definition) is 4. The lowest BCUT2D eigenvalue weighted by molar-refractivity contribution is -0.133. The van der Waals surface area contributed by atoms with E-state index in [-0.39, 0.29) is 17.1 Å². The summed E-state index contributed by atoms with van der Waals surface area (Å²) in [6.45, 7) is 3.53. The van der Waals surface area contributed by atoms with Gasteiger partial charge >= 0.3 is 5.97 Å². The first-order valence-electron chi connectivity index (χ1n) is 9.69. The van der Waals surface area contributed by atoms with Crippen molar-refractivity contribution < 1.29 is 18.7 Å². The SMILES string of the molecule is Cc1nn(Cc2ccccc2)c(C)c1C(=O)OCC(=O)N(C)Cc1c(F)cccc1Cl. The van der Waals surface area contributed by atoms with E-state index in [1.165, 1.54) is 24.1 Å². The van der Waals surface area contributed by atoms with Crippen molar-refractivity contribution in [3.8, 4) is 0 Å². The molecule has 31 heavy (non-hydrogen) atoms. The van der Waals surface area contributed by atoms with Crippen molar-refractivity contribution in [1.29, 1.82) is 0 Å². The standard InChI is InChI=1S/C23H23ClFN3O3/c1-15-22(16(2)28(26-15)12-17-8-5-4-6-9-17)23(30)31-14-21(29)27(3)13-18-19(24)10-7-11-20(18)25/h4-11H,12-14H2,1-3H3. The molecule has 0 N–H and O–H groups in total. The van der Waals surface area contributed by atoms with Crippen LogP contribution in [0.2, 0.25) is 5.02 Å². The molecule has 0 bridgehead atoms. The summed E-state index contributed by atoms with van der Waals surface area (Å²) in [6, 6.07) is 14.1. The van der Waals surface area contributed by atoms with E-state index in [1.54, 1.807) is 24.6 Å². The van der Waals surface area contributed by atoms with Gasteiger partial charge in [0.2, 0.25) is 0 Å². The Balaban J connectivity index is 1.63. The van der Waals surface area contributed by atoms with Gasteiger partial charge in [-0.25, -0.2) is 9.18 Å². The summed E-state index contributed by atoms with van der Waals surface area (Å²) in [5, 5.41) is 4.66. The fourth-order valence-electron chi connectivity index (χ4n) is 3.22. The number of aromatic nitrogens is 2. The van der Waals surface area contributed by atoms with Crippen LogP contribution < -0.4 is 0 Å². The first kappa shape index (κ1) is 22.5. The summed E-state index contributed by atoms with van der Waals surface area (Å²) in [5.74, 6) is -1.60. The second kappa shape index (κ2) is 9.75. The number of rotatable bonds is 7. The molecule has 0 atom stereocenters. The van der Waals surface area contributed by atoms with E-state index in [1.807, 2.05) is 30.3 Å². The molecule has 1 amide bonds. The molecule has 3 aromatic rings. The van der Waals surface area contributed by atoms with Gasteiger partial charge in [0, 0.05) is 24.2 Å². The molecular formula is C23H23ClFN3O3. The van der Waals surface area contributed by atoms with E-state index in [0.717, 1.165) is 5.56 Å². The van der Waals surface area contributed by atoms with E-state index < -0.39 is 24.3 Å². The van der Waals surface area contributed by atoms with E-state index >= 15 is 0 Å². The number of hydrogen-bond donors (Lipinski definition) is 0. The minimum Gasteiger partial charge on any atom is -0.452 e. The molecule has 0 fully saturated rings. The number of aryl methyl sites for hydroxylation is 1. The second-order valence-corrected chi connectivity index (χ2v) is 7.62. The lowest BCUT2D eigenvalue weighted by Crippen LogP contribution is -2.31. The van der Waals surface area contributed by atoms with Gasteiger partial charge in [0.15, 0.2) is 6.61 Å². The van der Waals surface area contributed by atoms with Crippen LogP contribution in [0.15, 0.2) is 48.5 Å². The van der Waals surface area contributed by atoms with Crippen LogP contribution in [0.5, 0.6) is 0 Å². The Morgan fingerprint density at radius 2 is 1.84 bits per heavy atom. The van der Waals surface area contributed by atoms with Gasteiger partial charge in [-0.1, -0.05) is 48.0 Å². The van der Waals surface area contributed by atoms with E-state index in [0.29, 0.717) is 23.5 Å². The van der Waals surface area contributed by atoms with Gasteiger partial charge in [-0.15, -0.1) is 0 Å². The molecule has 0 aliphatic carbocycles. The van der Waals surface area contributed by atoms with Crippen molar-refractivity contribution in [1.82, 2.24) is 14.7 Å². The van der Waals surface area contributed by atoms with Crippen molar-refractivity contribution in [2.45, 2.75) is 26.9 Å². The second-order valence-electron chi connectivity index (χ2n) is 7.22. The number of benzene rings is 2. The Labute approximate surface area is 185 Å². The smallest absolute Gasteiger partial charge is 0.342 e. The third-order valence-corrected chi connectivity index (χ3v) is 5.32. The summed E-state index contributed by atoms with van der Waals surface area (Å²) >= 11 is 6.01. The molecule has 1 heterocycles. The molecular weight excluding hydrogens is 421 g/mol. The number of halogens is 2. The third-order valence-electron chi connectivity index (χ3n) is 4.97. The summed E-state index contributed by atoms with van der Waals surface area (Å²) in [5.41, 5.74) is 2.78. The lowest BCUT2D eigenvalue weighted by Gasteiger charge is -2.18. The van der Waals surface area contributed by atoms with Gasteiger partial charge in [-0.05, 0) is 31.5 Å². The third kappa shape index (κ3) is 5.30. The Hall–Kier alpha value is -3.19. The van der Waals surface area contributed by atoms with Crippen molar-refractivity contribution in [2.24, 2.45) is 0 Å². The minimum absolute atomic E-state index is 0.0328. The van der Waals surface area contributed by atoms with Crippen molar-refractivity contribution in [2.75, 3.05) is 13.7 Å². The molecule has 162 valence electrons. The van der Waals surface area contributed by atoms with Gasteiger partial charge in [0.1, 0.15) is 11.4 Å². The maximum absolute atomic E-state index is 13.9. The zero-order chi connectivity index (χ0) is 22.5. The van der Waals surface area contributed by atoms with Crippen LogP contribution in [0.4, 0.5) is 4.39 Å². The normalized spacial score (nSPS) is 10.7. The van der Waals surface area contributed by atoms with Crippen LogP contribution in [0.3, 0.4) is 0 Å². The van der Waals surface area contributed by atoms with E-state index in [4.69, 9.17) is 16.3 Å². The molecule has 0 spiro atoms. The van der Waals surface area contributed by atoms with Crippen molar-refractivity contribution >= 4 is 23.5 Å². The number of amides is 1. The van der Waals surface area contributed by atoms with Gasteiger partial charge in [0.05, 0.1) is 17.9 Å². The van der Waals surface area contributed by atoms with Crippen LogP contribution in [0.25, 0.3) is 0 Å². The summed E-state index contributed by atoms with van der Waals surface area (Å²) in [4.78, 5) is 26.3. The Kier molecular flexibility index (Phi) is 7.07. The largest absolute Gasteiger partial charge is 0.452 e. The predicted octanol–water partition coefficient (Wildman–Crippen LogP) is 4.16. The maximum atomic E-state index is 13.9. The molecule has 6 nitrogen and oxygen atoms in total. The van der Waals surface area contributed by atoms with Crippen LogP contribution in [0, 0.1) is 19.7 Å². The zero-order valence-electron chi connectivity index (χ0n) is 17.6. The average molecular weight is 444 g/mol. The monoisotopic (exact) mass is 443 g/mol. The van der Waals surface area contributed by atoms with Crippen LogP contribution in [0.1, 0.15) is 32.9 Å². The predicted molar refractivity (Wildman–Crippen MR) is 115 cm³/mol. The highest BCUT2D eigenvalue weighted by Gasteiger charge is 2.22. The molecule has 0 radical (unpaired) electrons. The number of carbonyl (C=O) groups excluding carboxylic acids is 2. The highest BCUT2D eigenvalue weighted by atomic mass is 35.5. The molecule has 8 heteroatoms. The zero-order valence-corrected chi connectivity index (χ0v) is 18.3. The van der Waals surface area contributed by atoms with Crippen molar-refractivity contribution in [3.63, 3.8) is 0 Å². The summed E-state index contributed by atoms with van der Waals surface area (Å²) in [6.07, 6.45) is 0. The Morgan fingerprint density at radius 1 is 1.13 bits per heavy atom. The molecule has 0 unspecified atom stereocenters. The topological polar surface area (TPSA) is 64.4 Å². The van der Waals surface area contributed by atoms with E-state index in [2.05, 4.69) is 5.10 Å². The first-order chi connectivity index (χ1) is 14.8. The quantitative estimate of drug-likeness (QED) is 0.514. The first-order valence-corrected chi connectivity index (χ1v) is 10.1. The van der Waals surface area contributed by atoms with Crippen LogP contribution in [-0.2, 0) is 22.6 Å². The Bertz CT molecular complexity index is 1080. The molecule has 0 aliphatic heterocycles. The minimum atomic E-state index is -0.625. The highest BCUT2D eigenvalue weighted by molar-refractivity contribution is 6.31. The van der Waals surface area contributed by atoms with Gasteiger partial charge in [0.25, 0.3) is 5.91 Å². The van der Waals surface area contributed by atoms with E-state index in [9.17, 15) is 14.0 Å². The van der Waals surface area contributed by atoms with Gasteiger partial charge in [-0.2, -0.15) is 5.10 Å². The van der Waals surface area contributed by atoms with Gasteiger partial charge < -0.3 is 9.64 Å². The Morgan fingerprint density at radius 3 is 2.52 bits per heavy atom. The number of ether oxygens (including phenoxy) is 1. The van der Waals surface area contributed by atoms with Crippen LogP contribution >= 0.6 is 11.6 Å². The fraction of sp³-hybridized carbons (Fsp3) is 0.261. The molecule has 2 aromatic carbocycles. The number of likely N-dealkylation sites (N-methyl/N-ethyl adjacent to an activating group) is 1. The molecule has 0 saturated carbocycles.